The molecule has 2 aliphatic heterocycles. The number of rotatable bonds is 5. The Labute approximate surface area is 196 Å². The van der Waals surface area contributed by atoms with Crippen LogP contribution in [0.5, 0.6) is 0 Å². The third-order valence-corrected chi connectivity index (χ3v) is 13.2. The van der Waals surface area contributed by atoms with Crippen molar-refractivity contribution in [1.82, 2.24) is 4.90 Å². The Bertz CT molecular complexity index is 886. The van der Waals surface area contributed by atoms with Gasteiger partial charge in [0.05, 0.1) is 16.3 Å². The fourth-order valence-corrected chi connectivity index (χ4v) is 9.68. The van der Waals surface area contributed by atoms with Crippen LogP contribution in [0.2, 0.25) is 13.1 Å². The smallest absolute Gasteiger partial charge is 0.402 e. The molecular formula is C27H40BNO2Si. The molecule has 0 aromatic heterocycles. The lowest BCUT2D eigenvalue weighted by Crippen LogP contribution is -2.77. The molecule has 5 heteroatoms. The Hall–Kier alpha value is -1.40. The zero-order valence-corrected chi connectivity index (χ0v) is 21.9. The summed E-state index contributed by atoms with van der Waals surface area (Å²) in [4.78, 5) is 2.76. The van der Waals surface area contributed by atoms with E-state index in [0.717, 1.165) is 19.5 Å². The summed E-state index contributed by atoms with van der Waals surface area (Å²) in [7, 11) is -2.33. The third kappa shape index (κ3) is 4.02. The topological polar surface area (TPSA) is 21.7 Å². The highest BCUT2D eigenvalue weighted by Gasteiger charge is 2.67. The lowest BCUT2D eigenvalue weighted by molar-refractivity contribution is 0.00578. The van der Waals surface area contributed by atoms with Crippen molar-refractivity contribution >= 4 is 20.4 Å². The average Bonchev–Trinajstić information content (AvgIpc) is 2.89. The first-order chi connectivity index (χ1) is 15.1. The number of hydrogen-bond donors (Lipinski definition) is 0. The van der Waals surface area contributed by atoms with Gasteiger partial charge in [0.2, 0.25) is 0 Å². The minimum atomic E-state index is -2.09. The van der Waals surface area contributed by atoms with E-state index in [2.05, 4.69) is 106 Å². The Morgan fingerprint density at radius 1 is 0.812 bits per heavy atom. The highest BCUT2D eigenvalue weighted by molar-refractivity contribution is 6.99. The van der Waals surface area contributed by atoms with Crippen LogP contribution in [-0.2, 0) is 15.9 Å². The molecule has 0 radical (unpaired) electrons. The third-order valence-electron chi connectivity index (χ3n) is 8.49. The first-order valence-electron chi connectivity index (χ1n) is 12.3. The zero-order valence-electron chi connectivity index (χ0n) is 20.9. The van der Waals surface area contributed by atoms with E-state index in [4.69, 9.17) is 9.31 Å². The predicted molar refractivity (Wildman–Crippen MR) is 138 cm³/mol. The van der Waals surface area contributed by atoms with Crippen LogP contribution in [0.15, 0.2) is 60.7 Å². The van der Waals surface area contributed by atoms with Crippen LogP contribution in [-0.4, -0.2) is 42.9 Å². The van der Waals surface area contributed by atoms with Crippen LogP contribution in [0.4, 0.5) is 0 Å². The molecule has 0 spiro atoms. The molecule has 2 fully saturated rings. The van der Waals surface area contributed by atoms with Gasteiger partial charge in [0.25, 0.3) is 0 Å². The molecule has 1 unspecified atom stereocenters. The van der Waals surface area contributed by atoms with Crippen LogP contribution in [0.1, 0.15) is 58.9 Å². The van der Waals surface area contributed by atoms with E-state index in [0.29, 0.717) is 0 Å². The number of nitrogens with zero attached hydrogens (tertiary/aromatic N) is 1. The molecule has 1 atom stereocenters. The monoisotopic (exact) mass is 449 g/mol. The van der Waals surface area contributed by atoms with E-state index >= 15 is 0 Å². The number of likely N-dealkylation sites (tertiary alicyclic amines) is 1. The predicted octanol–water partition coefficient (Wildman–Crippen LogP) is 5.59. The lowest BCUT2D eigenvalue weighted by atomic mass is 9.73. The van der Waals surface area contributed by atoms with Gasteiger partial charge in [-0.3, -0.25) is 4.90 Å². The van der Waals surface area contributed by atoms with Crippen molar-refractivity contribution < 1.29 is 9.31 Å². The Morgan fingerprint density at radius 2 is 1.38 bits per heavy atom. The summed E-state index contributed by atoms with van der Waals surface area (Å²) in [5, 5.41) is 1.33. The van der Waals surface area contributed by atoms with Gasteiger partial charge in [0.15, 0.2) is 0 Å². The van der Waals surface area contributed by atoms with Crippen LogP contribution < -0.4 is 5.19 Å². The molecule has 2 heterocycles. The lowest BCUT2D eigenvalue weighted by Gasteiger charge is -2.53. The van der Waals surface area contributed by atoms with Crippen LogP contribution in [0.3, 0.4) is 0 Å². The molecule has 0 N–H and O–H groups in total. The van der Waals surface area contributed by atoms with E-state index in [-0.39, 0.29) is 23.4 Å². The Balaban J connectivity index is 1.87. The normalized spacial score (nSPS) is 26.1. The van der Waals surface area contributed by atoms with E-state index in [1.54, 1.807) is 0 Å². The van der Waals surface area contributed by atoms with Crippen molar-refractivity contribution in [2.75, 3.05) is 6.54 Å². The van der Waals surface area contributed by atoms with Crippen molar-refractivity contribution in [3.05, 3.63) is 66.2 Å². The molecule has 2 aromatic carbocycles. The van der Waals surface area contributed by atoms with Gasteiger partial charge in [-0.2, -0.15) is 0 Å². The highest BCUT2D eigenvalue weighted by Crippen LogP contribution is 2.47. The summed E-state index contributed by atoms with van der Waals surface area (Å²) in [6, 6.07) is 22.1. The second-order valence-corrected chi connectivity index (χ2v) is 15.9. The fraction of sp³-hybridized carbons (Fsp3) is 0.556. The summed E-state index contributed by atoms with van der Waals surface area (Å²) in [6.07, 6.45) is 4.84. The fourth-order valence-electron chi connectivity index (χ4n) is 5.67. The van der Waals surface area contributed by atoms with E-state index in [1.807, 2.05) is 0 Å². The molecule has 0 aliphatic carbocycles. The molecule has 0 bridgehead atoms. The summed E-state index contributed by atoms with van der Waals surface area (Å²) in [6.45, 7) is 15.9. The molecule has 32 heavy (non-hydrogen) atoms. The first kappa shape index (κ1) is 23.7. The molecule has 0 saturated carbocycles. The van der Waals surface area contributed by atoms with E-state index < -0.39 is 8.07 Å². The molecule has 3 nitrogen and oxygen atoms in total. The first-order valence-corrected chi connectivity index (χ1v) is 15.3. The maximum atomic E-state index is 6.91. The minimum absolute atomic E-state index is 0.147. The highest BCUT2D eigenvalue weighted by atomic mass is 28.3. The second kappa shape index (κ2) is 8.75. The van der Waals surface area contributed by atoms with Crippen LogP contribution >= 0.6 is 0 Å². The Kier molecular flexibility index (Phi) is 6.50. The van der Waals surface area contributed by atoms with Gasteiger partial charge >= 0.3 is 7.12 Å². The number of benzene rings is 2. The maximum absolute atomic E-state index is 6.91. The van der Waals surface area contributed by atoms with Crippen molar-refractivity contribution in [2.24, 2.45) is 0 Å². The SMILES string of the molecule is CC1(C)OB(C2([Si](C)(C)c3ccccc3)CCCCCN2Cc2ccccc2)OC1(C)C. The number of hydrogen-bond acceptors (Lipinski definition) is 3. The standard InChI is InChI=1S/C27H40BNO2Si/c1-25(2)26(3,4)31-28(30-25)27(32(5,6)24-18-12-8-13-19-24)20-14-9-15-21-29(27)22-23-16-10-7-11-17-23/h7-8,10-13,16-19H,9,14-15,20-22H2,1-6H3. The Morgan fingerprint density at radius 3 is 1.97 bits per heavy atom. The second-order valence-electron chi connectivity index (χ2n) is 11.2. The largest absolute Gasteiger partial charge is 0.476 e. The van der Waals surface area contributed by atoms with Gasteiger partial charge < -0.3 is 9.31 Å². The van der Waals surface area contributed by atoms with Crippen molar-refractivity contribution in [3.8, 4) is 0 Å². The molecule has 4 rings (SSSR count). The van der Waals surface area contributed by atoms with E-state index in [9.17, 15) is 0 Å². The zero-order chi connectivity index (χ0) is 23.0. The summed E-state index contributed by atoms with van der Waals surface area (Å²) >= 11 is 0. The van der Waals surface area contributed by atoms with Gasteiger partial charge in [-0.25, -0.2) is 0 Å². The van der Waals surface area contributed by atoms with Gasteiger partial charge in [-0.15, -0.1) is 0 Å². The van der Waals surface area contributed by atoms with Crippen LogP contribution in [0.25, 0.3) is 0 Å². The molecule has 0 amide bonds. The maximum Gasteiger partial charge on any atom is 0.476 e. The van der Waals surface area contributed by atoms with Crippen molar-refractivity contribution in [2.45, 2.75) is 89.3 Å². The molecule has 2 saturated heterocycles. The van der Waals surface area contributed by atoms with Crippen molar-refractivity contribution in [1.29, 1.82) is 0 Å². The van der Waals surface area contributed by atoms with Gasteiger partial charge in [0.1, 0.15) is 8.07 Å². The van der Waals surface area contributed by atoms with Crippen LogP contribution in [0, 0.1) is 0 Å². The van der Waals surface area contributed by atoms with Gasteiger partial charge in [-0.1, -0.05) is 91.8 Å². The average molecular weight is 450 g/mol. The molecule has 172 valence electrons. The van der Waals surface area contributed by atoms with Gasteiger partial charge in [0, 0.05) is 6.54 Å². The summed E-state index contributed by atoms with van der Waals surface area (Å²) in [5.41, 5.74) is 0.695. The summed E-state index contributed by atoms with van der Waals surface area (Å²) < 4.78 is 13.8. The van der Waals surface area contributed by atoms with E-state index in [1.165, 1.54) is 30.0 Å². The van der Waals surface area contributed by atoms with Crippen molar-refractivity contribution in [3.63, 3.8) is 0 Å². The molecular weight excluding hydrogens is 409 g/mol. The minimum Gasteiger partial charge on any atom is -0.402 e. The molecule has 2 aromatic rings. The van der Waals surface area contributed by atoms with Gasteiger partial charge in [-0.05, 0) is 52.6 Å². The quantitative estimate of drug-likeness (QED) is 0.556. The molecule has 2 aliphatic rings. The summed E-state index contributed by atoms with van der Waals surface area (Å²) in [5.74, 6) is 0.